The third-order valence-electron chi connectivity index (χ3n) is 3.23. The Hall–Kier alpha value is -1.83. The predicted octanol–water partition coefficient (Wildman–Crippen LogP) is 4.96. The summed E-state index contributed by atoms with van der Waals surface area (Å²) < 4.78 is 2.97. The number of hydrogen-bond acceptors (Lipinski definition) is 2. The number of rotatable bonds is 2. The maximum Gasteiger partial charge on any atom is 0.132 e. The van der Waals surface area contributed by atoms with Crippen LogP contribution in [0.3, 0.4) is 0 Å². The molecule has 0 radical (unpaired) electrons. The lowest BCUT2D eigenvalue weighted by Crippen LogP contribution is -2.02. The fourth-order valence-electron chi connectivity index (χ4n) is 2.32. The molecule has 0 spiro atoms. The molecule has 0 saturated carbocycles. The molecule has 1 heterocycles. The lowest BCUT2D eigenvalue weighted by molar-refractivity contribution is 0.882. The highest BCUT2D eigenvalue weighted by Crippen LogP contribution is 2.30. The summed E-state index contributed by atoms with van der Waals surface area (Å²) in [7, 11) is 0. The predicted molar refractivity (Wildman–Crippen MR) is 87.8 cm³/mol. The minimum absolute atomic E-state index is 0.234. The van der Waals surface area contributed by atoms with Crippen LogP contribution >= 0.6 is 27.5 Å². The van der Waals surface area contributed by atoms with Gasteiger partial charge in [-0.05, 0) is 43.3 Å². The number of nitrogens with zero attached hydrogens (tertiary/aromatic N) is 3. The van der Waals surface area contributed by atoms with Gasteiger partial charge in [-0.1, -0.05) is 22.0 Å². The molecule has 0 aliphatic carbocycles. The van der Waals surface area contributed by atoms with Crippen molar-refractivity contribution in [3.05, 3.63) is 58.3 Å². The monoisotopic (exact) mass is 359 g/mol. The van der Waals surface area contributed by atoms with Crippen molar-refractivity contribution < 1.29 is 0 Å². The summed E-state index contributed by atoms with van der Waals surface area (Å²) in [4.78, 5) is 4.61. The first-order valence-corrected chi connectivity index (χ1v) is 7.65. The first-order valence-electron chi connectivity index (χ1n) is 6.42. The molecule has 1 unspecified atom stereocenters. The third-order valence-corrected chi connectivity index (χ3v) is 3.92. The van der Waals surface area contributed by atoms with Crippen LogP contribution in [0.4, 0.5) is 0 Å². The zero-order valence-corrected chi connectivity index (χ0v) is 13.6. The number of benzene rings is 2. The van der Waals surface area contributed by atoms with E-state index in [9.17, 15) is 0 Å². The topological polar surface area (TPSA) is 41.6 Å². The van der Waals surface area contributed by atoms with E-state index in [1.807, 2.05) is 47.9 Å². The van der Waals surface area contributed by atoms with E-state index in [0.717, 1.165) is 27.0 Å². The van der Waals surface area contributed by atoms with Crippen LogP contribution < -0.4 is 0 Å². The summed E-state index contributed by atoms with van der Waals surface area (Å²) in [5, 5.41) is 8.85. The number of fused-ring (bicyclic) bond motifs is 1. The summed E-state index contributed by atoms with van der Waals surface area (Å²) in [6.07, 6.45) is 0. The standard InChI is InChI=1S/C16H11BrClN3/c1-10(18)16-20-14-6-5-12(17)8-15(14)21(16)13-4-2-3-11(7-13)9-19/h2-8,10H,1H3. The van der Waals surface area contributed by atoms with Crippen LogP contribution in [0.1, 0.15) is 23.7 Å². The SMILES string of the molecule is CC(Cl)c1nc2ccc(Br)cc2n1-c1cccc(C#N)c1. The Morgan fingerprint density at radius 3 is 2.81 bits per heavy atom. The summed E-state index contributed by atoms with van der Waals surface area (Å²) in [6.45, 7) is 1.89. The second kappa shape index (κ2) is 5.51. The molecule has 0 saturated heterocycles. The normalized spacial score (nSPS) is 12.3. The Morgan fingerprint density at radius 2 is 2.10 bits per heavy atom. The van der Waals surface area contributed by atoms with Gasteiger partial charge < -0.3 is 0 Å². The molecule has 0 amide bonds. The van der Waals surface area contributed by atoms with Gasteiger partial charge in [-0.15, -0.1) is 11.6 Å². The van der Waals surface area contributed by atoms with Crippen LogP contribution in [0.5, 0.6) is 0 Å². The number of alkyl halides is 1. The number of nitriles is 1. The van der Waals surface area contributed by atoms with Crippen LogP contribution in [-0.4, -0.2) is 9.55 Å². The van der Waals surface area contributed by atoms with Crippen LogP contribution in [-0.2, 0) is 0 Å². The molecule has 1 atom stereocenters. The van der Waals surface area contributed by atoms with E-state index in [-0.39, 0.29) is 5.38 Å². The molecule has 1 aromatic heterocycles. The Kier molecular flexibility index (Phi) is 3.71. The average molecular weight is 361 g/mol. The zero-order chi connectivity index (χ0) is 15.0. The van der Waals surface area contributed by atoms with Gasteiger partial charge >= 0.3 is 0 Å². The Bertz CT molecular complexity index is 862. The largest absolute Gasteiger partial charge is 0.295 e. The van der Waals surface area contributed by atoms with E-state index in [4.69, 9.17) is 16.9 Å². The van der Waals surface area contributed by atoms with Gasteiger partial charge in [0.05, 0.1) is 28.0 Å². The molecular formula is C16H11BrClN3. The molecule has 21 heavy (non-hydrogen) atoms. The molecule has 3 aromatic rings. The second-order valence-electron chi connectivity index (χ2n) is 4.72. The van der Waals surface area contributed by atoms with E-state index in [1.165, 1.54) is 0 Å². The number of hydrogen-bond donors (Lipinski definition) is 0. The van der Waals surface area contributed by atoms with E-state index < -0.39 is 0 Å². The van der Waals surface area contributed by atoms with Crippen molar-refractivity contribution in [1.29, 1.82) is 5.26 Å². The molecule has 2 aromatic carbocycles. The van der Waals surface area contributed by atoms with Gasteiger partial charge in [-0.25, -0.2) is 4.98 Å². The highest BCUT2D eigenvalue weighted by Gasteiger charge is 2.16. The van der Waals surface area contributed by atoms with Gasteiger partial charge in [0.2, 0.25) is 0 Å². The van der Waals surface area contributed by atoms with Crippen molar-refractivity contribution in [2.45, 2.75) is 12.3 Å². The maximum atomic E-state index is 9.09. The first kappa shape index (κ1) is 14.1. The van der Waals surface area contributed by atoms with Crippen molar-refractivity contribution >= 4 is 38.6 Å². The smallest absolute Gasteiger partial charge is 0.132 e. The molecular weight excluding hydrogens is 350 g/mol. The van der Waals surface area contributed by atoms with Gasteiger partial charge in [-0.2, -0.15) is 5.26 Å². The molecule has 5 heteroatoms. The van der Waals surface area contributed by atoms with Crippen LogP contribution in [0, 0.1) is 11.3 Å². The highest BCUT2D eigenvalue weighted by atomic mass is 79.9. The van der Waals surface area contributed by atoms with Crippen molar-refractivity contribution in [2.75, 3.05) is 0 Å². The van der Waals surface area contributed by atoms with Gasteiger partial charge in [-0.3, -0.25) is 4.57 Å². The first-order chi connectivity index (χ1) is 10.1. The van der Waals surface area contributed by atoms with E-state index in [2.05, 4.69) is 27.0 Å². The summed E-state index contributed by atoms with van der Waals surface area (Å²) >= 11 is 9.77. The van der Waals surface area contributed by atoms with Crippen LogP contribution in [0.25, 0.3) is 16.7 Å². The van der Waals surface area contributed by atoms with E-state index in [0.29, 0.717) is 5.56 Å². The number of aromatic nitrogens is 2. The molecule has 0 fully saturated rings. The number of imidazole rings is 1. The van der Waals surface area contributed by atoms with Gasteiger partial charge in [0, 0.05) is 10.2 Å². The fourth-order valence-corrected chi connectivity index (χ4v) is 2.82. The Morgan fingerprint density at radius 1 is 1.29 bits per heavy atom. The molecule has 3 nitrogen and oxygen atoms in total. The quantitative estimate of drug-likeness (QED) is 0.606. The summed E-state index contributed by atoms with van der Waals surface area (Å²) in [5.41, 5.74) is 3.33. The lowest BCUT2D eigenvalue weighted by atomic mass is 10.2. The molecule has 0 N–H and O–H groups in total. The van der Waals surface area contributed by atoms with Crippen LogP contribution in [0.15, 0.2) is 46.9 Å². The van der Waals surface area contributed by atoms with Crippen molar-refractivity contribution in [3.8, 4) is 11.8 Å². The number of halogens is 2. The van der Waals surface area contributed by atoms with E-state index in [1.54, 1.807) is 6.07 Å². The van der Waals surface area contributed by atoms with Crippen molar-refractivity contribution in [2.24, 2.45) is 0 Å². The minimum atomic E-state index is -0.234. The Labute approximate surface area is 135 Å². The molecule has 3 rings (SSSR count). The van der Waals surface area contributed by atoms with Gasteiger partial charge in [0.15, 0.2) is 0 Å². The molecule has 0 aliphatic heterocycles. The zero-order valence-electron chi connectivity index (χ0n) is 11.2. The highest BCUT2D eigenvalue weighted by molar-refractivity contribution is 9.10. The summed E-state index contributed by atoms with van der Waals surface area (Å²) in [5.74, 6) is 0.764. The average Bonchev–Trinajstić information content (AvgIpc) is 2.86. The maximum absolute atomic E-state index is 9.09. The second-order valence-corrected chi connectivity index (χ2v) is 6.29. The fraction of sp³-hybridized carbons (Fsp3) is 0.125. The third kappa shape index (κ3) is 2.55. The van der Waals surface area contributed by atoms with Crippen LogP contribution in [0.2, 0.25) is 0 Å². The Balaban J connectivity index is 2.35. The molecule has 0 aliphatic rings. The van der Waals surface area contributed by atoms with Crippen molar-refractivity contribution in [3.63, 3.8) is 0 Å². The molecule has 0 bridgehead atoms. The van der Waals surface area contributed by atoms with Gasteiger partial charge in [0.25, 0.3) is 0 Å². The van der Waals surface area contributed by atoms with Gasteiger partial charge in [0.1, 0.15) is 5.82 Å². The summed E-state index contributed by atoms with van der Waals surface area (Å²) in [6, 6.07) is 15.5. The lowest BCUT2D eigenvalue weighted by Gasteiger charge is -2.11. The van der Waals surface area contributed by atoms with Crippen molar-refractivity contribution in [1.82, 2.24) is 9.55 Å². The molecule has 104 valence electrons. The van der Waals surface area contributed by atoms with E-state index >= 15 is 0 Å². The minimum Gasteiger partial charge on any atom is -0.295 e.